The average molecular weight is 205 g/mol. The molecule has 2 aromatic rings. The number of aromatic hydroxyl groups is 1. The van der Waals surface area contributed by atoms with Crippen LogP contribution in [0.5, 0.6) is 11.5 Å². The minimum absolute atomic E-state index is 0.0476. The Morgan fingerprint density at radius 3 is 2.93 bits per heavy atom. The van der Waals surface area contributed by atoms with Crippen molar-refractivity contribution in [3.63, 3.8) is 0 Å². The molecule has 0 spiro atoms. The van der Waals surface area contributed by atoms with E-state index in [1.165, 1.54) is 11.3 Å². The van der Waals surface area contributed by atoms with Crippen LogP contribution in [0.15, 0.2) is 18.2 Å². The molecule has 0 bridgehead atoms. The zero-order valence-corrected chi connectivity index (χ0v) is 8.26. The summed E-state index contributed by atoms with van der Waals surface area (Å²) in [5.41, 5.74) is 0. The minimum Gasteiger partial charge on any atom is -0.505 e. The summed E-state index contributed by atoms with van der Waals surface area (Å²) in [6, 6.07) is 7.31. The predicted molar refractivity (Wildman–Crippen MR) is 54.8 cm³/mol. The summed E-state index contributed by atoms with van der Waals surface area (Å²) in [6.07, 6.45) is 0. The van der Waals surface area contributed by atoms with Gasteiger partial charge in [-0.2, -0.15) is 5.26 Å². The summed E-state index contributed by atoms with van der Waals surface area (Å²) in [6.45, 7) is 0. The molecular weight excluding hydrogens is 198 g/mol. The second kappa shape index (κ2) is 3.20. The first-order chi connectivity index (χ1) is 6.76. The molecule has 4 heteroatoms. The standard InChI is InChI=1S/C10H7NO2S/c1-13-6-2-3-8-7(4-6)10(12)9(5-11)14-8/h2-4,12H,1H3. The van der Waals surface area contributed by atoms with Gasteiger partial charge in [-0.1, -0.05) is 0 Å². The fraction of sp³-hybridized carbons (Fsp3) is 0.100. The first kappa shape index (κ1) is 8.85. The van der Waals surface area contributed by atoms with E-state index in [-0.39, 0.29) is 5.75 Å². The van der Waals surface area contributed by atoms with Crippen molar-refractivity contribution in [3.05, 3.63) is 23.1 Å². The van der Waals surface area contributed by atoms with E-state index < -0.39 is 0 Å². The van der Waals surface area contributed by atoms with E-state index in [4.69, 9.17) is 10.00 Å². The van der Waals surface area contributed by atoms with Crippen molar-refractivity contribution < 1.29 is 9.84 Å². The van der Waals surface area contributed by atoms with Gasteiger partial charge in [-0.05, 0) is 18.2 Å². The number of methoxy groups -OCH3 is 1. The first-order valence-electron chi connectivity index (χ1n) is 3.96. The Bertz CT molecular complexity index is 525. The number of ether oxygens (including phenoxy) is 1. The van der Waals surface area contributed by atoms with Gasteiger partial charge in [0.15, 0.2) is 5.75 Å². The van der Waals surface area contributed by atoms with Crippen molar-refractivity contribution >= 4 is 21.4 Å². The smallest absolute Gasteiger partial charge is 0.152 e. The highest BCUT2D eigenvalue weighted by Gasteiger charge is 2.10. The van der Waals surface area contributed by atoms with Crippen LogP contribution in [0.4, 0.5) is 0 Å². The molecule has 70 valence electrons. The molecule has 0 amide bonds. The lowest BCUT2D eigenvalue weighted by Gasteiger charge is -1.98. The number of thiophene rings is 1. The lowest BCUT2D eigenvalue weighted by atomic mass is 10.2. The van der Waals surface area contributed by atoms with Crippen molar-refractivity contribution in [3.8, 4) is 17.6 Å². The van der Waals surface area contributed by atoms with E-state index >= 15 is 0 Å². The highest BCUT2D eigenvalue weighted by atomic mass is 32.1. The van der Waals surface area contributed by atoms with Gasteiger partial charge < -0.3 is 9.84 Å². The monoisotopic (exact) mass is 205 g/mol. The Labute approximate surface area is 84.8 Å². The van der Waals surface area contributed by atoms with Crippen molar-refractivity contribution in [2.75, 3.05) is 7.11 Å². The summed E-state index contributed by atoms with van der Waals surface area (Å²) in [7, 11) is 1.57. The fourth-order valence-electron chi connectivity index (χ4n) is 1.27. The summed E-state index contributed by atoms with van der Waals surface area (Å²) in [5, 5.41) is 19.0. The number of benzene rings is 1. The van der Waals surface area contributed by atoms with Gasteiger partial charge in [0.1, 0.15) is 16.7 Å². The van der Waals surface area contributed by atoms with Crippen LogP contribution >= 0.6 is 11.3 Å². The molecular formula is C10H7NO2S. The molecule has 0 aliphatic rings. The first-order valence-corrected chi connectivity index (χ1v) is 4.77. The van der Waals surface area contributed by atoms with Crippen LogP contribution in [0.2, 0.25) is 0 Å². The van der Waals surface area contributed by atoms with Crippen molar-refractivity contribution in [2.24, 2.45) is 0 Å². The van der Waals surface area contributed by atoms with Crippen molar-refractivity contribution in [2.45, 2.75) is 0 Å². The predicted octanol–water partition coefficient (Wildman–Crippen LogP) is 2.49. The number of nitrogens with zero attached hydrogens (tertiary/aromatic N) is 1. The lowest BCUT2D eigenvalue weighted by molar-refractivity contribution is 0.415. The van der Waals surface area contributed by atoms with E-state index in [1.807, 2.05) is 12.1 Å². The number of hydrogen-bond donors (Lipinski definition) is 1. The molecule has 3 nitrogen and oxygen atoms in total. The van der Waals surface area contributed by atoms with Crippen LogP contribution in [-0.4, -0.2) is 12.2 Å². The topological polar surface area (TPSA) is 53.2 Å². The zero-order chi connectivity index (χ0) is 10.1. The van der Waals surface area contributed by atoms with E-state index in [1.54, 1.807) is 19.2 Å². The molecule has 0 atom stereocenters. The molecule has 1 N–H and O–H groups in total. The number of nitriles is 1. The molecule has 1 heterocycles. The molecule has 0 unspecified atom stereocenters. The molecule has 14 heavy (non-hydrogen) atoms. The quantitative estimate of drug-likeness (QED) is 0.778. The zero-order valence-electron chi connectivity index (χ0n) is 7.44. The molecule has 0 fully saturated rings. The van der Waals surface area contributed by atoms with Gasteiger partial charge in [0, 0.05) is 10.1 Å². The van der Waals surface area contributed by atoms with Gasteiger partial charge in [0.2, 0.25) is 0 Å². The van der Waals surface area contributed by atoms with E-state index in [0.29, 0.717) is 16.0 Å². The lowest BCUT2D eigenvalue weighted by Crippen LogP contribution is -1.80. The molecule has 0 aliphatic heterocycles. The van der Waals surface area contributed by atoms with Gasteiger partial charge in [0.25, 0.3) is 0 Å². The maximum absolute atomic E-state index is 9.64. The Morgan fingerprint density at radius 1 is 1.50 bits per heavy atom. The Hall–Kier alpha value is -1.73. The molecule has 0 saturated carbocycles. The number of hydrogen-bond acceptors (Lipinski definition) is 4. The maximum atomic E-state index is 9.64. The van der Waals surface area contributed by atoms with Gasteiger partial charge in [0.05, 0.1) is 7.11 Å². The third kappa shape index (κ3) is 1.19. The van der Waals surface area contributed by atoms with Crippen LogP contribution in [-0.2, 0) is 0 Å². The van der Waals surface area contributed by atoms with E-state index in [2.05, 4.69) is 0 Å². The average Bonchev–Trinajstić information content (AvgIpc) is 2.55. The van der Waals surface area contributed by atoms with Gasteiger partial charge in [-0.25, -0.2) is 0 Å². The summed E-state index contributed by atoms with van der Waals surface area (Å²) in [5.74, 6) is 0.724. The second-order valence-electron chi connectivity index (χ2n) is 2.75. The van der Waals surface area contributed by atoms with Crippen LogP contribution in [0, 0.1) is 11.3 Å². The Kier molecular flexibility index (Phi) is 2.02. The fourth-order valence-corrected chi connectivity index (χ4v) is 2.14. The highest BCUT2D eigenvalue weighted by Crippen LogP contribution is 2.37. The van der Waals surface area contributed by atoms with Crippen LogP contribution < -0.4 is 4.74 Å². The van der Waals surface area contributed by atoms with Gasteiger partial charge in [-0.15, -0.1) is 11.3 Å². The number of fused-ring (bicyclic) bond motifs is 1. The normalized spacial score (nSPS) is 10.0. The van der Waals surface area contributed by atoms with Crippen LogP contribution in [0.1, 0.15) is 4.88 Å². The summed E-state index contributed by atoms with van der Waals surface area (Å²) < 4.78 is 5.92. The highest BCUT2D eigenvalue weighted by molar-refractivity contribution is 7.20. The SMILES string of the molecule is COc1ccc2sc(C#N)c(O)c2c1. The summed E-state index contributed by atoms with van der Waals surface area (Å²) in [4.78, 5) is 0.341. The van der Waals surface area contributed by atoms with E-state index in [9.17, 15) is 5.11 Å². The Balaban J connectivity index is 2.76. The van der Waals surface area contributed by atoms with E-state index in [0.717, 1.165) is 4.70 Å². The van der Waals surface area contributed by atoms with Gasteiger partial charge >= 0.3 is 0 Å². The number of rotatable bonds is 1. The third-order valence-corrected chi connectivity index (χ3v) is 3.04. The third-order valence-electron chi connectivity index (χ3n) is 1.97. The second-order valence-corrected chi connectivity index (χ2v) is 3.81. The molecule has 1 aromatic carbocycles. The van der Waals surface area contributed by atoms with Crippen LogP contribution in [0.25, 0.3) is 10.1 Å². The Morgan fingerprint density at radius 2 is 2.29 bits per heavy atom. The summed E-state index contributed by atoms with van der Waals surface area (Å²) >= 11 is 1.28. The molecule has 0 saturated heterocycles. The molecule has 2 rings (SSSR count). The van der Waals surface area contributed by atoms with Crippen molar-refractivity contribution in [1.82, 2.24) is 0 Å². The largest absolute Gasteiger partial charge is 0.505 e. The van der Waals surface area contributed by atoms with Crippen LogP contribution in [0.3, 0.4) is 0 Å². The molecule has 0 aliphatic carbocycles. The minimum atomic E-state index is 0.0476. The van der Waals surface area contributed by atoms with Gasteiger partial charge in [-0.3, -0.25) is 0 Å². The molecule has 0 radical (unpaired) electrons. The molecule has 1 aromatic heterocycles. The van der Waals surface area contributed by atoms with Crippen molar-refractivity contribution in [1.29, 1.82) is 5.26 Å². The maximum Gasteiger partial charge on any atom is 0.152 e.